The molecule has 10 nitrogen and oxygen atoms in total. The highest BCUT2D eigenvalue weighted by atomic mass is 32.1. The highest BCUT2D eigenvalue weighted by Gasteiger charge is 2.45. The number of halogens is 1. The second kappa shape index (κ2) is 7.86. The zero-order chi connectivity index (χ0) is 22.4. The van der Waals surface area contributed by atoms with Crippen molar-refractivity contribution in [3.63, 3.8) is 0 Å². The van der Waals surface area contributed by atoms with Crippen LogP contribution in [0.3, 0.4) is 0 Å². The Kier molecular flexibility index (Phi) is 5.00. The summed E-state index contributed by atoms with van der Waals surface area (Å²) < 4.78 is 18.9. The molecule has 0 spiro atoms. The first-order valence-corrected chi connectivity index (χ1v) is 10.9. The van der Waals surface area contributed by atoms with Crippen LogP contribution in [-0.2, 0) is 11.2 Å². The molecule has 5 rings (SSSR count). The summed E-state index contributed by atoms with van der Waals surface area (Å²) in [5.74, 6) is 0.0127. The molecule has 4 heterocycles. The lowest BCUT2D eigenvalue weighted by Gasteiger charge is -2.48. The largest absolute Gasteiger partial charge is 0.341 e. The predicted molar refractivity (Wildman–Crippen MR) is 115 cm³/mol. The molecular weight excluding hydrogens is 437 g/mol. The van der Waals surface area contributed by atoms with Gasteiger partial charge < -0.3 is 19.6 Å². The Labute approximate surface area is 186 Å². The number of anilines is 2. The summed E-state index contributed by atoms with van der Waals surface area (Å²) in [6.07, 6.45) is 0.565. The highest BCUT2D eigenvalue weighted by molar-refractivity contribution is 7.16. The molecule has 2 aliphatic heterocycles. The summed E-state index contributed by atoms with van der Waals surface area (Å²) in [6, 6.07) is 5.52. The number of piperazine rings is 1. The Morgan fingerprint density at radius 1 is 1.22 bits per heavy atom. The van der Waals surface area contributed by atoms with E-state index in [2.05, 4.69) is 25.8 Å². The topological polar surface area (TPSA) is 116 Å². The lowest BCUT2D eigenvalue weighted by molar-refractivity contribution is -0.130. The molecule has 12 heteroatoms. The van der Waals surface area contributed by atoms with Crippen molar-refractivity contribution in [2.24, 2.45) is 0 Å². The number of hydrogen-bond acceptors (Lipinski definition) is 8. The number of carbonyl (C=O) groups excluding carboxylic acids is 2. The molecule has 166 valence electrons. The molecule has 2 atom stereocenters. The van der Waals surface area contributed by atoms with Gasteiger partial charge in [-0.3, -0.25) is 10.1 Å². The molecular formula is C20H20FN7O3S. The Balaban J connectivity index is 1.50. The van der Waals surface area contributed by atoms with Crippen LogP contribution in [0.1, 0.15) is 23.5 Å². The lowest BCUT2D eigenvalue weighted by Crippen LogP contribution is -2.59. The van der Waals surface area contributed by atoms with E-state index in [9.17, 15) is 14.0 Å². The van der Waals surface area contributed by atoms with Crippen molar-refractivity contribution in [3.05, 3.63) is 40.7 Å². The number of thiazole rings is 1. The number of aromatic nitrogens is 3. The minimum absolute atomic E-state index is 0.00569. The third-order valence-corrected chi connectivity index (χ3v) is 6.76. The van der Waals surface area contributed by atoms with Gasteiger partial charge in [0, 0.05) is 39.0 Å². The van der Waals surface area contributed by atoms with Crippen LogP contribution in [0.15, 0.2) is 28.8 Å². The fourth-order valence-corrected chi connectivity index (χ4v) is 5.21. The number of nitrogens with zero attached hydrogens (tertiary/aromatic N) is 5. The van der Waals surface area contributed by atoms with Crippen molar-refractivity contribution in [3.8, 4) is 11.4 Å². The number of carbonyl (C=O) groups is 2. The lowest BCUT2D eigenvalue weighted by atomic mass is 9.93. The second-order valence-electron chi connectivity index (χ2n) is 7.65. The maximum atomic E-state index is 13.3. The predicted octanol–water partition coefficient (Wildman–Crippen LogP) is 2.42. The van der Waals surface area contributed by atoms with Crippen LogP contribution in [0.4, 0.5) is 20.3 Å². The van der Waals surface area contributed by atoms with Gasteiger partial charge in [0.1, 0.15) is 5.82 Å². The Morgan fingerprint density at radius 3 is 2.72 bits per heavy atom. The van der Waals surface area contributed by atoms with Gasteiger partial charge in [0.2, 0.25) is 11.7 Å². The molecule has 0 radical (unpaired) electrons. The number of amides is 3. The van der Waals surface area contributed by atoms with Gasteiger partial charge in [0.05, 0.1) is 22.7 Å². The maximum absolute atomic E-state index is 13.3. The molecule has 1 aromatic carbocycles. The number of rotatable bonds is 3. The minimum atomic E-state index is -0.345. The first kappa shape index (κ1) is 20.4. The Hall–Kier alpha value is -3.54. The number of urea groups is 1. The molecule has 2 aliphatic rings. The smallest absolute Gasteiger partial charge is 0.325 e. The van der Waals surface area contributed by atoms with Crippen molar-refractivity contribution in [1.29, 1.82) is 0 Å². The van der Waals surface area contributed by atoms with Crippen molar-refractivity contribution >= 4 is 34.4 Å². The minimum Gasteiger partial charge on any atom is -0.341 e. The van der Waals surface area contributed by atoms with Gasteiger partial charge in [-0.25, -0.2) is 14.2 Å². The van der Waals surface area contributed by atoms with E-state index in [0.29, 0.717) is 42.0 Å². The Bertz CT molecular complexity index is 1180. The highest BCUT2D eigenvalue weighted by Crippen LogP contribution is 2.44. The van der Waals surface area contributed by atoms with E-state index in [1.165, 1.54) is 30.5 Å². The van der Waals surface area contributed by atoms with Gasteiger partial charge in [-0.1, -0.05) is 16.5 Å². The average molecular weight is 457 g/mol. The second-order valence-corrected chi connectivity index (χ2v) is 8.68. The Morgan fingerprint density at radius 2 is 2.00 bits per heavy atom. The number of fused-ring (bicyclic) bond motifs is 4. The van der Waals surface area contributed by atoms with Crippen molar-refractivity contribution < 1.29 is 18.5 Å². The summed E-state index contributed by atoms with van der Waals surface area (Å²) >= 11 is 1.37. The first-order valence-electron chi connectivity index (χ1n) is 10.0. The summed E-state index contributed by atoms with van der Waals surface area (Å²) in [5, 5.41) is 9.81. The molecule has 0 unspecified atom stereocenters. The quantitative estimate of drug-likeness (QED) is 0.620. The van der Waals surface area contributed by atoms with Crippen LogP contribution in [0.5, 0.6) is 0 Å². The summed E-state index contributed by atoms with van der Waals surface area (Å²) in [5.41, 5.74) is 1.54. The number of hydrogen-bond donors (Lipinski definition) is 2. The van der Waals surface area contributed by atoms with Crippen LogP contribution in [0, 0.1) is 5.82 Å². The van der Waals surface area contributed by atoms with Crippen LogP contribution in [0.25, 0.3) is 11.4 Å². The monoisotopic (exact) mass is 457 g/mol. The van der Waals surface area contributed by atoms with E-state index in [-0.39, 0.29) is 29.8 Å². The van der Waals surface area contributed by atoms with E-state index in [1.807, 2.05) is 4.90 Å². The molecule has 1 fully saturated rings. The van der Waals surface area contributed by atoms with E-state index in [4.69, 9.17) is 4.52 Å². The first-order chi connectivity index (χ1) is 15.4. The zero-order valence-corrected chi connectivity index (χ0v) is 18.1. The van der Waals surface area contributed by atoms with Gasteiger partial charge in [-0.2, -0.15) is 4.98 Å². The fraction of sp³-hybridized carbons (Fsp3) is 0.350. The molecule has 0 aliphatic carbocycles. The van der Waals surface area contributed by atoms with Crippen molar-refractivity contribution in [1.82, 2.24) is 25.3 Å². The molecule has 1 saturated heterocycles. The standard InChI is InChI=1S/C20H20FN7O3S/c1-10(29)27-8-13-7-14-16(32-19(23-14)25-18(30)22-2)15(9-27)28(13)20-24-17(26-31-20)11-3-5-12(21)6-4-11/h3-6,13,15H,7-9H2,1-2H3,(H2,22,23,25,30)/t13-,15-/m1/s1. The van der Waals surface area contributed by atoms with E-state index >= 15 is 0 Å². The molecule has 3 amide bonds. The summed E-state index contributed by atoms with van der Waals surface area (Å²) in [4.78, 5) is 37.8. The van der Waals surface area contributed by atoms with E-state index in [1.54, 1.807) is 24.0 Å². The summed E-state index contributed by atoms with van der Waals surface area (Å²) in [6.45, 7) is 2.49. The van der Waals surface area contributed by atoms with Gasteiger partial charge >= 0.3 is 12.0 Å². The fourth-order valence-electron chi connectivity index (χ4n) is 4.13. The maximum Gasteiger partial charge on any atom is 0.325 e. The molecule has 2 N–H and O–H groups in total. The van der Waals surface area contributed by atoms with Crippen LogP contribution < -0.4 is 15.5 Å². The van der Waals surface area contributed by atoms with Crippen molar-refractivity contribution in [2.45, 2.75) is 25.4 Å². The van der Waals surface area contributed by atoms with E-state index < -0.39 is 0 Å². The van der Waals surface area contributed by atoms with Crippen LogP contribution >= 0.6 is 11.3 Å². The van der Waals surface area contributed by atoms with Crippen molar-refractivity contribution in [2.75, 3.05) is 30.4 Å². The van der Waals surface area contributed by atoms with Gasteiger partial charge in [0.25, 0.3) is 0 Å². The third kappa shape index (κ3) is 3.55. The number of nitrogens with one attached hydrogen (secondary N) is 2. The zero-order valence-electron chi connectivity index (χ0n) is 17.3. The molecule has 2 aromatic heterocycles. The van der Waals surface area contributed by atoms with Gasteiger partial charge in [-0.05, 0) is 24.3 Å². The van der Waals surface area contributed by atoms with Gasteiger partial charge in [-0.15, -0.1) is 0 Å². The molecule has 0 saturated carbocycles. The number of benzene rings is 1. The van der Waals surface area contributed by atoms with Crippen LogP contribution in [-0.4, -0.2) is 58.1 Å². The normalized spacial score (nSPS) is 19.5. The molecule has 32 heavy (non-hydrogen) atoms. The summed E-state index contributed by atoms with van der Waals surface area (Å²) in [7, 11) is 1.54. The van der Waals surface area contributed by atoms with E-state index in [0.717, 1.165) is 10.6 Å². The SMILES string of the molecule is CNC(=O)Nc1nc2c(s1)[C@H]1CN(C(C)=O)C[C@@H](C2)N1c1nc(-c2ccc(F)cc2)no1. The average Bonchev–Trinajstić information content (AvgIpc) is 3.40. The molecule has 2 bridgehead atoms. The van der Waals surface area contributed by atoms with Gasteiger partial charge in [0.15, 0.2) is 5.13 Å². The third-order valence-electron chi connectivity index (χ3n) is 5.64. The van der Waals surface area contributed by atoms with Crippen LogP contribution in [0.2, 0.25) is 0 Å². The molecule has 3 aromatic rings.